The highest BCUT2D eigenvalue weighted by Crippen LogP contribution is 2.36. The molecular weight excluding hydrogens is 680 g/mol. The standard InChI is InChI=1S/C38H42N8O7/c1-2-31(49)42-29-18-30(34(51)33(29)50)46-21-40-32-35(39-19-28(22-8-12-25(47)13-9-22)23-10-14-26(48)15-11-23)43-37(44-36(32)46)45-17-16-24(20-45)41-38(52)53-27-6-4-3-5-7-27/h3-15,21,24,28-30,33-34,47-48,50-51H,2,16-20H2,1H3,(H,41,52)(H,42,49)(H,39,43,44)/t24?,29-,30+,33+,34-/m0/s1. The van der Waals surface area contributed by atoms with Crippen molar-refractivity contribution in [1.29, 1.82) is 0 Å². The van der Waals surface area contributed by atoms with Crippen LogP contribution >= 0.6 is 0 Å². The second kappa shape index (κ2) is 15.4. The number of nitrogens with zero attached hydrogens (tertiary/aromatic N) is 5. The number of para-hydroxylation sites is 1. The predicted octanol–water partition coefficient (Wildman–Crippen LogP) is 3.41. The van der Waals surface area contributed by atoms with Crippen molar-refractivity contribution in [2.45, 2.75) is 62.4 Å². The van der Waals surface area contributed by atoms with E-state index in [1.165, 1.54) is 0 Å². The molecule has 2 fully saturated rings. The number of fused-ring (bicyclic) bond motifs is 1. The normalized spacial score (nSPS) is 21.2. The van der Waals surface area contributed by atoms with Gasteiger partial charge in [-0.1, -0.05) is 49.4 Å². The van der Waals surface area contributed by atoms with Gasteiger partial charge in [-0.25, -0.2) is 9.78 Å². The number of phenolic OH excluding ortho intramolecular Hbond substituents is 2. The minimum Gasteiger partial charge on any atom is -0.508 e. The van der Waals surface area contributed by atoms with E-state index in [1.807, 2.05) is 35.2 Å². The van der Waals surface area contributed by atoms with Gasteiger partial charge in [-0.2, -0.15) is 9.97 Å². The van der Waals surface area contributed by atoms with Crippen LogP contribution in [0.15, 0.2) is 85.2 Å². The van der Waals surface area contributed by atoms with Crippen molar-refractivity contribution in [1.82, 2.24) is 30.2 Å². The molecule has 0 bridgehead atoms. The lowest BCUT2D eigenvalue weighted by Gasteiger charge is -2.22. The van der Waals surface area contributed by atoms with Gasteiger partial charge in [0.25, 0.3) is 0 Å². The Labute approximate surface area is 305 Å². The summed E-state index contributed by atoms with van der Waals surface area (Å²) >= 11 is 0. The van der Waals surface area contributed by atoms with Gasteiger partial charge in [-0.05, 0) is 60.4 Å². The number of hydrogen-bond acceptors (Lipinski definition) is 12. The number of phenols is 2. The summed E-state index contributed by atoms with van der Waals surface area (Å²) in [6.07, 6.45) is -0.279. The fraction of sp³-hybridized carbons (Fsp3) is 0.342. The number of nitrogens with one attached hydrogen (secondary N) is 3. The highest BCUT2D eigenvalue weighted by atomic mass is 16.6. The van der Waals surface area contributed by atoms with Crippen LogP contribution in [0.1, 0.15) is 49.3 Å². The van der Waals surface area contributed by atoms with Crippen molar-refractivity contribution < 1.29 is 34.8 Å². The van der Waals surface area contributed by atoms with Crippen LogP contribution in [-0.2, 0) is 4.79 Å². The first-order chi connectivity index (χ1) is 25.7. The van der Waals surface area contributed by atoms with E-state index in [-0.39, 0.29) is 42.2 Å². The minimum absolute atomic E-state index is 0.140. The molecule has 2 aliphatic rings. The molecule has 7 N–H and O–H groups in total. The van der Waals surface area contributed by atoms with Crippen LogP contribution in [0.4, 0.5) is 16.6 Å². The number of benzene rings is 3. The molecule has 1 saturated carbocycles. The molecule has 5 aromatic rings. The first-order valence-corrected chi connectivity index (χ1v) is 17.7. The van der Waals surface area contributed by atoms with Crippen molar-refractivity contribution in [3.8, 4) is 17.2 Å². The fourth-order valence-electron chi connectivity index (χ4n) is 7.04. The first kappa shape index (κ1) is 35.5. The molecule has 5 atom stereocenters. The maximum absolute atomic E-state index is 12.7. The minimum atomic E-state index is -1.20. The molecule has 15 heteroatoms. The van der Waals surface area contributed by atoms with Crippen LogP contribution in [0.5, 0.6) is 17.2 Å². The SMILES string of the molecule is CCC(=O)N[C@H]1C[C@@H](n2cnc3c(NCC(c4ccc(O)cc4)c4ccc(O)cc4)nc(N4CCC(NC(=O)Oc5ccccc5)C4)nc32)[C@H](O)[C@@H]1O. The highest BCUT2D eigenvalue weighted by Gasteiger charge is 2.44. The number of rotatable bonds is 11. The molecule has 0 spiro atoms. The smallest absolute Gasteiger partial charge is 0.412 e. The van der Waals surface area contributed by atoms with Crippen LogP contribution in [0.3, 0.4) is 0 Å². The van der Waals surface area contributed by atoms with E-state index < -0.39 is 30.4 Å². The Morgan fingerprint density at radius 1 is 0.906 bits per heavy atom. The number of imidazole rings is 1. The number of carbonyl (C=O) groups excluding carboxylic acids is 2. The van der Waals surface area contributed by atoms with Crippen molar-refractivity contribution >= 4 is 34.9 Å². The molecular formula is C38H42N8O7. The predicted molar refractivity (Wildman–Crippen MR) is 196 cm³/mol. The van der Waals surface area contributed by atoms with Crippen LogP contribution in [0, 0.1) is 0 Å². The van der Waals surface area contributed by atoms with Crippen LogP contribution in [0.25, 0.3) is 11.2 Å². The Morgan fingerprint density at radius 3 is 2.25 bits per heavy atom. The van der Waals surface area contributed by atoms with Gasteiger partial charge in [0.2, 0.25) is 11.9 Å². The monoisotopic (exact) mass is 722 g/mol. The Morgan fingerprint density at radius 2 is 1.58 bits per heavy atom. The lowest BCUT2D eigenvalue weighted by molar-refractivity contribution is -0.122. The summed E-state index contributed by atoms with van der Waals surface area (Å²) in [6.45, 7) is 3.01. The van der Waals surface area contributed by atoms with Crippen molar-refractivity contribution in [3.05, 3.63) is 96.3 Å². The van der Waals surface area contributed by atoms with Gasteiger partial charge in [0.15, 0.2) is 17.0 Å². The third-order valence-corrected chi connectivity index (χ3v) is 9.90. The number of aromatic hydroxyl groups is 2. The molecule has 1 aliphatic heterocycles. The van der Waals surface area contributed by atoms with Gasteiger partial charge in [-0.15, -0.1) is 0 Å². The summed E-state index contributed by atoms with van der Waals surface area (Å²) in [5.74, 6) is 1.06. The summed E-state index contributed by atoms with van der Waals surface area (Å²) in [5.41, 5.74) is 2.68. The number of anilines is 2. The van der Waals surface area contributed by atoms with E-state index in [4.69, 9.17) is 14.7 Å². The molecule has 7 rings (SSSR count). The second-order valence-corrected chi connectivity index (χ2v) is 13.4. The average Bonchev–Trinajstić information content (AvgIpc) is 3.88. The van der Waals surface area contributed by atoms with E-state index >= 15 is 0 Å². The number of aromatic nitrogens is 4. The van der Waals surface area contributed by atoms with Crippen LogP contribution in [-0.4, -0.2) is 95.9 Å². The number of aliphatic hydroxyl groups is 2. The lowest BCUT2D eigenvalue weighted by atomic mass is 9.91. The molecule has 3 heterocycles. The number of ether oxygens (including phenoxy) is 1. The zero-order valence-electron chi connectivity index (χ0n) is 29.0. The summed E-state index contributed by atoms with van der Waals surface area (Å²) in [6, 6.07) is 21.1. The summed E-state index contributed by atoms with van der Waals surface area (Å²) < 4.78 is 7.16. The van der Waals surface area contributed by atoms with Gasteiger partial charge in [0, 0.05) is 32.0 Å². The maximum atomic E-state index is 12.7. The van der Waals surface area contributed by atoms with Crippen molar-refractivity contribution in [3.63, 3.8) is 0 Å². The van der Waals surface area contributed by atoms with Crippen molar-refractivity contribution in [2.24, 2.45) is 0 Å². The fourth-order valence-corrected chi connectivity index (χ4v) is 7.04. The van der Waals surface area contributed by atoms with Gasteiger partial charge in [0.1, 0.15) is 29.5 Å². The van der Waals surface area contributed by atoms with E-state index in [1.54, 1.807) is 66.3 Å². The molecule has 53 heavy (non-hydrogen) atoms. The zero-order valence-corrected chi connectivity index (χ0v) is 29.0. The Bertz CT molecular complexity index is 2000. The van der Waals surface area contributed by atoms with E-state index in [9.17, 15) is 30.0 Å². The lowest BCUT2D eigenvalue weighted by Crippen LogP contribution is -2.42. The molecule has 15 nitrogen and oxygen atoms in total. The van der Waals surface area contributed by atoms with Gasteiger partial charge < -0.3 is 50.6 Å². The Kier molecular flexibility index (Phi) is 10.3. The molecule has 1 saturated heterocycles. The van der Waals surface area contributed by atoms with Gasteiger partial charge in [-0.3, -0.25) is 4.79 Å². The molecule has 2 amide bonds. The van der Waals surface area contributed by atoms with E-state index in [0.717, 1.165) is 11.1 Å². The maximum Gasteiger partial charge on any atom is 0.412 e. The van der Waals surface area contributed by atoms with E-state index in [2.05, 4.69) is 20.9 Å². The summed E-state index contributed by atoms with van der Waals surface area (Å²) in [5, 5.41) is 51.2. The molecule has 276 valence electrons. The number of hydrogen-bond donors (Lipinski definition) is 7. The van der Waals surface area contributed by atoms with Gasteiger partial charge >= 0.3 is 6.09 Å². The topological polar surface area (TPSA) is 207 Å². The van der Waals surface area contributed by atoms with Crippen molar-refractivity contribution in [2.75, 3.05) is 29.9 Å². The number of carbonyl (C=O) groups is 2. The summed E-state index contributed by atoms with van der Waals surface area (Å²) in [4.78, 5) is 41.4. The Hall–Kier alpha value is -5.93. The Balaban J connectivity index is 1.19. The van der Waals surface area contributed by atoms with Crippen LogP contribution in [0.2, 0.25) is 0 Å². The second-order valence-electron chi connectivity index (χ2n) is 13.4. The molecule has 0 radical (unpaired) electrons. The van der Waals surface area contributed by atoms with Crippen LogP contribution < -0.4 is 25.6 Å². The average molecular weight is 723 g/mol. The molecule has 3 aromatic carbocycles. The zero-order chi connectivity index (χ0) is 37.1. The first-order valence-electron chi connectivity index (χ1n) is 17.7. The third-order valence-electron chi connectivity index (χ3n) is 9.90. The molecule has 2 aromatic heterocycles. The largest absolute Gasteiger partial charge is 0.508 e. The quantitative estimate of drug-likeness (QED) is 0.105. The van der Waals surface area contributed by atoms with Gasteiger partial charge in [0.05, 0.1) is 24.5 Å². The molecule has 1 aliphatic carbocycles. The number of aliphatic hydroxyl groups excluding tert-OH is 2. The highest BCUT2D eigenvalue weighted by molar-refractivity contribution is 5.85. The summed E-state index contributed by atoms with van der Waals surface area (Å²) in [7, 11) is 0. The van der Waals surface area contributed by atoms with E-state index in [0.29, 0.717) is 54.7 Å². The third kappa shape index (κ3) is 7.80. The number of amides is 2. The molecule has 1 unspecified atom stereocenters.